The van der Waals surface area contributed by atoms with Gasteiger partial charge in [0.25, 0.3) is 0 Å². The molecule has 2 heterocycles. The lowest BCUT2D eigenvalue weighted by Gasteiger charge is -2.37. The number of sulfonamides is 1. The van der Waals surface area contributed by atoms with Gasteiger partial charge in [0.05, 0.1) is 19.0 Å². The van der Waals surface area contributed by atoms with Gasteiger partial charge in [-0.1, -0.05) is 6.92 Å². The van der Waals surface area contributed by atoms with Gasteiger partial charge >= 0.3 is 0 Å². The Kier molecular flexibility index (Phi) is 5.22. The second kappa shape index (κ2) is 6.52. The molecule has 6 heteroatoms. The van der Waals surface area contributed by atoms with Gasteiger partial charge < -0.3 is 4.74 Å². The van der Waals surface area contributed by atoms with E-state index in [4.69, 9.17) is 4.74 Å². The molecule has 2 aliphatic heterocycles. The molecule has 0 spiro atoms. The Balaban J connectivity index is 1.85. The minimum atomic E-state index is -3.02. The summed E-state index contributed by atoms with van der Waals surface area (Å²) in [6.07, 6.45) is 4.84. The largest absolute Gasteiger partial charge is 0.376 e. The van der Waals surface area contributed by atoms with Crippen LogP contribution in [0.15, 0.2) is 0 Å². The van der Waals surface area contributed by atoms with Gasteiger partial charge in [0.1, 0.15) is 0 Å². The fourth-order valence-electron chi connectivity index (χ4n) is 3.04. The van der Waals surface area contributed by atoms with Crippen molar-refractivity contribution in [2.45, 2.75) is 32.3 Å². The van der Waals surface area contributed by atoms with Crippen molar-refractivity contribution >= 4 is 10.0 Å². The highest BCUT2D eigenvalue weighted by atomic mass is 32.2. The Bertz CT molecular complexity index is 385. The maximum atomic E-state index is 11.6. The first-order chi connectivity index (χ1) is 8.99. The third kappa shape index (κ3) is 4.41. The highest BCUT2D eigenvalue weighted by Crippen LogP contribution is 2.21. The summed E-state index contributed by atoms with van der Waals surface area (Å²) in [5, 5.41) is 0. The van der Waals surface area contributed by atoms with Gasteiger partial charge in [-0.3, -0.25) is 4.90 Å². The average Bonchev–Trinajstić information content (AvgIpc) is 2.38. The van der Waals surface area contributed by atoms with Gasteiger partial charge in [0.15, 0.2) is 0 Å². The van der Waals surface area contributed by atoms with Crippen molar-refractivity contribution < 1.29 is 13.2 Å². The molecule has 0 aliphatic carbocycles. The SMILES string of the molecule is CC[C@H]1CN(C[C@H]2CCCN(S(C)(=O)=O)C2)CCO1. The van der Waals surface area contributed by atoms with Gasteiger partial charge in [-0.15, -0.1) is 0 Å². The average molecular weight is 290 g/mol. The Morgan fingerprint density at radius 2 is 2.05 bits per heavy atom. The van der Waals surface area contributed by atoms with Gasteiger partial charge in [-0.25, -0.2) is 12.7 Å². The molecule has 0 saturated carbocycles. The van der Waals surface area contributed by atoms with E-state index in [1.54, 1.807) is 4.31 Å². The van der Waals surface area contributed by atoms with Crippen molar-refractivity contribution in [2.75, 3.05) is 45.6 Å². The van der Waals surface area contributed by atoms with E-state index >= 15 is 0 Å². The molecule has 2 saturated heterocycles. The minimum absolute atomic E-state index is 0.350. The fraction of sp³-hybridized carbons (Fsp3) is 1.00. The van der Waals surface area contributed by atoms with Gasteiger partial charge in [0, 0.05) is 32.7 Å². The molecule has 0 aromatic heterocycles. The molecule has 0 amide bonds. The quantitative estimate of drug-likeness (QED) is 0.767. The summed E-state index contributed by atoms with van der Waals surface area (Å²) in [5.74, 6) is 0.471. The predicted molar refractivity (Wildman–Crippen MR) is 75.6 cm³/mol. The number of piperidine rings is 1. The third-order valence-electron chi connectivity index (χ3n) is 4.15. The highest BCUT2D eigenvalue weighted by Gasteiger charge is 2.28. The van der Waals surface area contributed by atoms with Crippen molar-refractivity contribution in [1.82, 2.24) is 9.21 Å². The Morgan fingerprint density at radius 3 is 2.74 bits per heavy atom. The number of morpholine rings is 1. The van der Waals surface area contributed by atoms with E-state index < -0.39 is 10.0 Å². The van der Waals surface area contributed by atoms with Crippen molar-refractivity contribution in [3.05, 3.63) is 0 Å². The second-order valence-corrected chi connectivity index (χ2v) is 7.77. The van der Waals surface area contributed by atoms with E-state index in [1.165, 1.54) is 6.26 Å². The molecule has 2 rings (SSSR count). The molecule has 0 bridgehead atoms. The molecule has 2 fully saturated rings. The molecule has 5 nitrogen and oxygen atoms in total. The summed E-state index contributed by atoms with van der Waals surface area (Å²) in [7, 11) is -3.02. The summed E-state index contributed by atoms with van der Waals surface area (Å²) in [5.41, 5.74) is 0. The zero-order chi connectivity index (χ0) is 13.9. The summed E-state index contributed by atoms with van der Waals surface area (Å²) < 4.78 is 30.5. The van der Waals surface area contributed by atoms with Crippen LogP contribution in [-0.2, 0) is 14.8 Å². The smallest absolute Gasteiger partial charge is 0.211 e. The van der Waals surface area contributed by atoms with Crippen LogP contribution in [0.4, 0.5) is 0 Å². The topological polar surface area (TPSA) is 49.9 Å². The van der Waals surface area contributed by atoms with Crippen LogP contribution in [0.25, 0.3) is 0 Å². The molecule has 0 N–H and O–H groups in total. The Labute approximate surface area is 117 Å². The molecular weight excluding hydrogens is 264 g/mol. The molecular formula is C13H26N2O3S. The normalized spacial score (nSPS) is 31.5. The summed E-state index contributed by atoms with van der Waals surface area (Å²) in [4.78, 5) is 2.44. The van der Waals surface area contributed by atoms with Crippen molar-refractivity contribution in [1.29, 1.82) is 0 Å². The second-order valence-electron chi connectivity index (χ2n) is 5.79. The van der Waals surface area contributed by atoms with E-state index in [2.05, 4.69) is 11.8 Å². The third-order valence-corrected chi connectivity index (χ3v) is 5.42. The van der Waals surface area contributed by atoms with Crippen LogP contribution in [-0.4, -0.2) is 69.3 Å². The fourth-order valence-corrected chi connectivity index (χ4v) is 3.98. The van der Waals surface area contributed by atoms with Gasteiger partial charge in [0.2, 0.25) is 10.0 Å². The zero-order valence-corrected chi connectivity index (χ0v) is 12.9. The molecule has 0 radical (unpaired) electrons. The van der Waals surface area contributed by atoms with E-state index in [0.717, 1.165) is 45.5 Å². The van der Waals surface area contributed by atoms with Crippen LogP contribution in [0, 0.1) is 5.92 Å². The van der Waals surface area contributed by atoms with Crippen LogP contribution < -0.4 is 0 Å². The first-order valence-corrected chi connectivity index (χ1v) is 9.13. The summed E-state index contributed by atoms with van der Waals surface area (Å²) in [6, 6.07) is 0. The van der Waals surface area contributed by atoms with Crippen LogP contribution >= 0.6 is 0 Å². The predicted octanol–water partition coefficient (Wildman–Crippen LogP) is 0.769. The number of hydrogen-bond acceptors (Lipinski definition) is 4. The maximum absolute atomic E-state index is 11.6. The van der Waals surface area contributed by atoms with Crippen molar-refractivity contribution in [3.8, 4) is 0 Å². The van der Waals surface area contributed by atoms with Crippen LogP contribution in [0.1, 0.15) is 26.2 Å². The Morgan fingerprint density at radius 1 is 1.26 bits per heavy atom. The molecule has 2 aliphatic rings. The minimum Gasteiger partial charge on any atom is -0.376 e. The van der Waals surface area contributed by atoms with Gasteiger partial charge in [-0.05, 0) is 25.2 Å². The van der Waals surface area contributed by atoms with E-state index in [1.807, 2.05) is 0 Å². The van der Waals surface area contributed by atoms with Crippen LogP contribution in [0.2, 0.25) is 0 Å². The Hall–Kier alpha value is -0.170. The van der Waals surface area contributed by atoms with Gasteiger partial charge in [-0.2, -0.15) is 0 Å². The summed E-state index contributed by atoms with van der Waals surface area (Å²) >= 11 is 0. The monoisotopic (exact) mass is 290 g/mol. The number of ether oxygens (including phenoxy) is 1. The maximum Gasteiger partial charge on any atom is 0.211 e. The van der Waals surface area contributed by atoms with E-state index in [0.29, 0.717) is 25.1 Å². The van der Waals surface area contributed by atoms with Crippen molar-refractivity contribution in [2.24, 2.45) is 5.92 Å². The molecule has 2 atom stereocenters. The van der Waals surface area contributed by atoms with E-state index in [-0.39, 0.29) is 0 Å². The number of rotatable bonds is 4. The van der Waals surface area contributed by atoms with Crippen LogP contribution in [0.5, 0.6) is 0 Å². The number of nitrogens with zero attached hydrogens (tertiary/aromatic N) is 2. The molecule has 0 aromatic carbocycles. The van der Waals surface area contributed by atoms with E-state index in [9.17, 15) is 8.42 Å². The van der Waals surface area contributed by atoms with Crippen LogP contribution in [0.3, 0.4) is 0 Å². The first kappa shape index (κ1) is 15.2. The number of hydrogen-bond donors (Lipinski definition) is 0. The lowest BCUT2D eigenvalue weighted by Crippen LogP contribution is -2.48. The standard InChI is InChI=1S/C13H26N2O3S/c1-3-13-11-14(7-8-18-13)9-12-5-4-6-15(10-12)19(2,16)17/h12-13H,3-11H2,1-2H3/t12-,13+/m1/s1. The molecule has 112 valence electrons. The lowest BCUT2D eigenvalue weighted by atomic mass is 9.98. The lowest BCUT2D eigenvalue weighted by molar-refractivity contribution is -0.0359. The first-order valence-electron chi connectivity index (χ1n) is 7.28. The molecule has 0 unspecified atom stereocenters. The zero-order valence-electron chi connectivity index (χ0n) is 12.0. The van der Waals surface area contributed by atoms with Crippen molar-refractivity contribution in [3.63, 3.8) is 0 Å². The molecule has 0 aromatic rings. The highest BCUT2D eigenvalue weighted by molar-refractivity contribution is 7.88. The molecule has 19 heavy (non-hydrogen) atoms. The summed E-state index contributed by atoms with van der Waals surface area (Å²) in [6.45, 7) is 7.31.